The van der Waals surface area contributed by atoms with Gasteiger partial charge in [0.25, 0.3) is 5.56 Å². The van der Waals surface area contributed by atoms with E-state index in [2.05, 4.69) is 46.1 Å². The fraction of sp³-hybridized carbons (Fsp3) is 0.435. The van der Waals surface area contributed by atoms with Crippen molar-refractivity contribution < 1.29 is 4.74 Å². The van der Waals surface area contributed by atoms with E-state index in [1.165, 1.54) is 31.5 Å². The number of nitrogen functional groups attached to an aromatic ring is 1. The SMILES string of the molecule is CCCCOc1nc(N)nc2ccn(Cc3ccc(CN4CCCC4)cc3)c(=O)c12. The Bertz CT molecular complexity index is 1060. The van der Waals surface area contributed by atoms with Crippen molar-refractivity contribution in [1.29, 1.82) is 0 Å². The van der Waals surface area contributed by atoms with Crippen LogP contribution in [0.2, 0.25) is 0 Å². The topological polar surface area (TPSA) is 86.3 Å². The van der Waals surface area contributed by atoms with Gasteiger partial charge in [0, 0.05) is 12.7 Å². The molecule has 7 heteroatoms. The maximum Gasteiger partial charge on any atom is 0.265 e. The number of nitrogens with two attached hydrogens (primary N) is 1. The first-order valence-corrected chi connectivity index (χ1v) is 10.7. The normalized spacial score (nSPS) is 14.4. The molecule has 2 aromatic heterocycles. The summed E-state index contributed by atoms with van der Waals surface area (Å²) in [6.45, 7) is 6.42. The molecule has 30 heavy (non-hydrogen) atoms. The van der Waals surface area contributed by atoms with E-state index in [9.17, 15) is 4.79 Å². The van der Waals surface area contributed by atoms with Gasteiger partial charge in [0.1, 0.15) is 5.39 Å². The highest BCUT2D eigenvalue weighted by atomic mass is 16.5. The lowest BCUT2D eigenvalue weighted by Crippen LogP contribution is -2.22. The van der Waals surface area contributed by atoms with Gasteiger partial charge in [-0.2, -0.15) is 4.98 Å². The predicted molar refractivity (Wildman–Crippen MR) is 119 cm³/mol. The van der Waals surface area contributed by atoms with Crippen molar-refractivity contribution in [2.24, 2.45) is 0 Å². The van der Waals surface area contributed by atoms with Crippen molar-refractivity contribution in [2.75, 3.05) is 25.4 Å². The Kier molecular flexibility index (Phi) is 6.28. The number of anilines is 1. The summed E-state index contributed by atoms with van der Waals surface area (Å²) in [6, 6.07) is 10.3. The number of ether oxygens (including phenoxy) is 1. The number of fused-ring (bicyclic) bond motifs is 1. The van der Waals surface area contributed by atoms with Crippen LogP contribution in [-0.4, -0.2) is 39.1 Å². The molecule has 1 aliphatic rings. The summed E-state index contributed by atoms with van der Waals surface area (Å²) in [5.74, 6) is 0.381. The standard InChI is InChI=1S/C23H29N5O2/c1-2-3-14-30-21-20-19(25-23(24)26-21)10-13-28(22(20)29)16-18-8-6-17(7-9-18)15-27-11-4-5-12-27/h6-10,13H,2-5,11-12,14-16H2,1H3,(H2,24,25,26). The van der Waals surface area contributed by atoms with E-state index in [0.29, 0.717) is 24.1 Å². The van der Waals surface area contributed by atoms with Crippen LogP contribution in [0.5, 0.6) is 5.88 Å². The number of hydrogen-bond acceptors (Lipinski definition) is 6. The fourth-order valence-electron chi connectivity index (χ4n) is 3.86. The summed E-state index contributed by atoms with van der Waals surface area (Å²) in [5.41, 5.74) is 8.53. The zero-order valence-electron chi connectivity index (χ0n) is 17.5. The van der Waals surface area contributed by atoms with Gasteiger partial charge in [0.15, 0.2) is 0 Å². The summed E-state index contributed by atoms with van der Waals surface area (Å²) in [5, 5.41) is 0.383. The van der Waals surface area contributed by atoms with E-state index in [1.54, 1.807) is 16.8 Å². The molecule has 1 saturated heterocycles. The molecule has 3 heterocycles. The van der Waals surface area contributed by atoms with Crippen molar-refractivity contribution in [2.45, 2.75) is 45.7 Å². The van der Waals surface area contributed by atoms with Gasteiger partial charge in [-0.05, 0) is 49.5 Å². The average molecular weight is 408 g/mol. The second kappa shape index (κ2) is 9.26. The van der Waals surface area contributed by atoms with Gasteiger partial charge < -0.3 is 15.0 Å². The lowest BCUT2D eigenvalue weighted by atomic mass is 10.1. The Labute approximate surface area is 176 Å². The minimum absolute atomic E-state index is 0.111. The quantitative estimate of drug-likeness (QED) is 0.577. The largest absolute Gasteiger partial charge is 0.477 e. The van der Waals surface area contributed by atoms with Crippen LogP contribution in [-0.2, 0) is 13.1 Å². The van der Waals surface area contributed by atoms with Crippen molar-refractivity contribution in [1.82, 2.24) is 19.4 Å². The first kappa shape index (κ1) is 20.3. The molecule has 1 fully saturated rings. The molecule has 4 rings (SSSR count). The summed E-state index contributed by atoms with van der Waals surface area (Å²) >= 11 is 0. The van der Waals surface area contributed by atoms with Crippen LogP contribution in [0.1, 0.15) is 43.7 Å². The molecule has 0 spiro atoms. The average Bonchev–Trinajstić information content (AvgIpc) is 3.24. The van der Waals surface area contributed by atoms with Crippen molar-refractivity contribution in [3.05, 3.63) is 58.0 Å². The molecular weight excluding hydrogens is 378 g/mol. The van der Waals surface area contributed by atoms with Crippen LogP contribution in [0.3, 0.4) is 0 Å². The van der Waals surface area contributed by atoms with E-state index in [4.69, 9.17) is 10.5 Å². The van der Waals surface area contributed by atoms with Gasteiger partial charge in [0.2, 0.25) is 11.8 Å². The van der Waals surface area contributed by atoms with Crippen molar-refractivity contribution in [3.63, 3.8) is 0 Å². The third kappa shape index (κ3) is 4.62. The van der Waals surface area contributed by atoms with Gasteiger partial charge in [-0.15, -0.1) is 0 Å². The smallest absolute Gasteiger partial charge is 0.265 e. The van der Waals surface area contributed by atoms with Gasteiger partial charge in [-0.1, -0.05) is 37.6 Å². The lowest BCUT2D eigenvalue weighted by molar-refractivity contribution is 0.301. The number of nitrogens with zero attached hydrogens (tertiary/aromatic N) is 4. The van der Waals surface area contributed by atoms with Crippen molar-refractivity contribution in [3.8, 4) is 5.88 Å². The Morgan fingerprint density at radius 1 is 1.03 bits per heavy atom. The molecule has 158 valence electrons. The zero-order valence-corrected chi connectivity index (χ0v) is 17.5. The molecule has 0 saturated carbocycles. The molecule has 0 amide bonds. The van der Waals surface area contributed by atoms with E-state index in [-0.39, 0.29) is 17.4 Å². The van der Waals surface area contributed by atoms with E-state index in [0.717, 1.165) is 24.9 Å². The van der Waals surface area contributed by atoms with Crippen LogP contribution in [0.25, 0.3) is 10.9 Å². The van der Waals surface area contributed by atoms with E-state index < -0.39 is 0 Å². The fourth-order valence-corrected chi connectivity index (χ4v) is 3.86. The second-order valence-corrected chi connectivity index (χ2v) is 7.90. The van der Waals surface area contributed by atoms with Gasteiger partial charge in [-0.25, -0.2) is 4.98 Å². The Morgan fingerprint density at radius 2 is 1.73 bits per heavy atom. The monoisotopic (exact) mass is 407 g/mol. The summed E-state index contributed by atoms with van der Waals surface area (Å²) in [6.07, 6.45) is 6.22. The van der Waals surface area contributed by atoms with Crippen molar-refractivity contribution >= 4 is 16.9 Å². The highest BCUT2D eigenvalue weighted by molar-refractivity contribution is 5.83. The number of unbranched alkanes of at least 4 members (excludes halogenated alkanes) is 1. The van der Waals surface area contributed by atoms with E-state index >= 15 is 0 Å². The van der Waals surface area contributed by atoms with Gasteiger partial charge in [0.05, 0.1) is 18.7 Å². The molecule has 0 atom stereocenters. The third-order valence-corrected chi connectivity index (χ3v) is 5.53. The predicted octanol–water partition coefficient (Wildman–Crippen LogP) is 3.20. The van der Waals surface area contributed by atoms with E-state index in [1.807, 2.05) is 0 Å². The molecule has 2 N–H and O–H groups in total. The summed E-state index contributed by atoms with van der Waals surface area (Å²) in [7, 11) is 0. The summed E-state index contributed by atoms with van der Waals surface area (Å²) < 4.78 is 7.43. The minimum Gasteiger partial charge on any atom is -0.477 e. The number of hydrogen-bond donors (Lipinski definition) is 1. The number of likely N-dealkylation sites (tertiary alicyclic amines) is 1. The molecule has 7 nitrogen and oxygen atoms in total. The molecule has 0 unspecified atom stereocenters. The molecule has 0 bridgehead atoms. The molecule has 1 aliphatic heterocycles. The number of rotatable bonds is 8. The van der Waals surface area contributed by atoms with Gasteiger partial charge >= 0.3 is 0 Å². The molecular formula is C23H29N5O2. The highest BCUT2D eigenvalue weighted by Crippen LogP contribution is 2.20. The highest BCUT2D eigenvalue weighted by Gasteiger charge is 2.14. The van der Waals surface area contributed by atoms with Crippen LogP contribution in [0.15, 0.2) is 41.3 Å². The molecule has 3 aromatic rings. The number of pyridine rings is 1. The zero-order chi connectivity index (χ0) is 20.9. The molecule has 0 aliphatic carbocycles. The molecule has 1 aromatic carbocycles. The Balaban J connectivity index is 1.56. The maximum absolute atomic E-state index is 13.2. The van der Waals surface area contributed by atoms with Gasteiger partial charge in [-0.3, -0.25) is 9.69 Å². The number of aromatic nitrogens is 3. The first-order valence-electron chi connectivity index (χ1n) is 10.7. The Morgan fingerprint density at radius 3 is 2.43 bits per heavy atom. The second-order valence-electron chi connectivity index (χ2n) is 7.90. The molecule has 0 radical (unpaired) electrons. The van der Waals surface area contributed by atoms with Crippen LogP contribution >= 0.6 is 0 Å². The van der Waals surface area contributed by atoms with Crippen LogP contribution in [0.4, 0.5) is 5.95 Å². The minimum atomic E-state index is -0.167. The first-order chi connectivity index (χ1) is 14.6. The van der Waals surface area contributed by atoms with Crippen LogP contribution < -0.4 is 16.0 Å². The lowest BCUT2D eigenvalue weighted by Gasteiger charge is -2.15. The van der Waals surface area contributed by atoms with Crippen LogP contribution in [0, 0.1) is 0 Å². The third-order valence-electron chi connectivity index (χ3n) is 5.53. The summed E-state index contributed by atoms with van der Waals surface area (Å²) in [4.78, 5) is 24.0. The Hall–Kier alpha value is -2.93. The maximum atomic E-state index is 13.2. The number of benzene rings is 1.